The Morgan fingerprint density at radius 3 is 2.91 bits per heavy atom. The quantitative estimate of drug-likeness (QED) is 0.912. The summed E-state index contributed by atoms with van der Waals surface area (Å²) in [6, 6.07) is 0.933. The number of hydrogen-bond donors (Lipinski definition) is 1. The molecule has 2 aliphatic rings. The summed E-state index contributed by atoms with van der Waals surface area (Å²) in [5.41, 5.74) is 0. The lowest BCUT2D eigenvalue weighted by Gasteiger charge is -2.39. The second-order valence-corrected chi connectivity index (χ2v) is 6.92. The smallest absolute Gasteiger partial charge is 0.317 e. The van der Waals surface area contributed by atoms with Gasteiger partial charge in [0.1, 0.15) is 0 Å². The average molecular weight is 321 g/mol. The van der Waals surface area contributed by atoms with Crippen molar-refractivity contribution in [3.05, 3.63) is 11.7 Å². The summed E-state index contributed by atoms with van der Waals surface area (Å²) in [7, 11) is 2.16. The van der Waals surface area contributed by atoms with Crippen LogP contribution in [0.1, 0.15) is 50.7 Å². The van der Waals surface area contributed by atoms with Crippen LogP contribution in [0, 0.1) is 0 Å². The van der Waals surface area contributed by atoms with E-state index in [4.69, 9.17) is 4.52 Å². The molecule has 0 aliphatic carbocycles. The minimum Gasteiger partial charge on any atom is -0.339 e. The number of piperidine rings is 1. The van der Waals surface area contributed by atoms with Gasteiger partial charge in [-0.3, -0.25) is 0 Å². The second kappa shape index (κ2) is 6.86. The number of carbonyl (C=O) groups is 1. The fourth-order valence-corrected chi connectivity index (χ4v) is 3.63. The summed E-state index contributed by atoms with van der Waals surface area (Å²) in [4.78, 5) is 21.2. The molecule has 7 heteroatoms. The van der Waals surface area contributed by atoms with Crippen molar-refractivity contribution in [2.75, 3.05) is 26.7 Å². The summed E-state index contributed by atoms with van der Waals surface area (Å²) in [5, 5.41) is 6.95. The predicted molar refractivity (Wildman–Crippen MR) is 86.3 cm³/mol. The van der Waals surface area contributed by atoms with Crippen LogP contribution < -0.4 is 5.32 Å². The van der Waals surface area contributed by atoms with Crippen molar-refractivity contribution >= 4 is 6.03 Å². The molecule has 0 radical (unpaired) electrons. The first-order chi connectivity index (χ1) is 11.1. The van der Waals surface area contributed by atoms with Crippen LogP contribution in [0.3, 0.4) is 0 Å². The molecule has 1 aromatic heterocycles. The maximum absolute atomic E-state index is 12.5. The van der Waals surface area contributed by atoms with Gasteiger partial charge < -0.3 is 19.6 Å². The second-order valence-electron chi connectivity index (χ2n) is 6.92. The van der Waals surface area contributed by atoms with Crippen molar-refractivity contribution in [2.24, 2.45) is 0 Å². The van der Waals surface area contributed by atoms with Gasteiger partial charge in [0.05, 0.1) is 6.04 Å². The Balaban J connectivity index is 1.49. The molecule has 0 spiro atoms. The number of nitrogens with one attached hydrogen (secondary N) is 1. The highest BCUT2D eigenvalue weighted by atomic mass is 16.5. The molecule has 23 heavy (non-hydrogen) atoms. The maximum atomic E-state index is 12.5. The Labute approximate surface area is 137 Å². The summed E-state index contributed by atoms with van der Waals surface area (Å²) in [5.74, 6) is 1.57. The van der Waals surface area contributed by atoms with Crippen LogP contribution in [0.15, 0.2) is 4.52 Å². The number of carbonyl (C=O) groups excluding carboxylic acids is 1. The van der Waals surface area contributed by atoms with E-state index in [9.17, 15) is 4.79 Å². The molecule has 3 heterocycles. The number of fused-ring (bicyclic) bond motifs is 1. The number of likely N-dealkylation sites (N-methyl/N-ethyl adjacent to an activating group) is 1. The Morgan fingerprint density at radius 1 is 1.35 bits per heavy atom. The highest BCUT2D eigenvalue weighted by molar-refractivity contribution is 5.74. The molecule has 1 N–H and O–H groups in total. The summed E-state index contributed by atoms with van der Waals surface area (Å²) < 4.78 is 5.20. The van der Waals surface area contributed by atoms with Gasteiger partial charge >= 0.3 is 6.03 Å². The van der Waals surface area contributed by atoms with E-state index >= 15 is 0 Å². The largest absolute Gasteiger partial charge is 0.339 e. The van der Waals surface area contributed by atoms with Crippen LogP contribution in [0.25, 0.3) is 0 Å². The number of nitrogens with zero attached hydrogens (tertiary/aromatic N) is 4. The molecule has 2 saturated heterocycles. The Hall–Kier alpha value is -1.63. The van der Waals surface area contributed by atoms with Crippen LogP contribution in [-0.2, 0) is 6.42 Å². The van der Waals surface area contributed by atoms with Gasteiger partial charge in [-0.1, -0.05) is 19.0 Å². The SMILES string of the molecule is CC(C)c1noc(CCNC(=O)N2CCC[C@@H]3[C@H]2CCN3C)n1. The molecule has 2 fully saturated rings. The third kappa shape index (κ3) is 3.49. The van der Waals surface area contributed by atoms with E-state index in [0.717, 1.165) is 31.8 Å². The number of urea groups is 1. The number of amides is 2. The molecule has 128 valence electrons. The Bertz CT molecular complexity index is 544. The summed E-state index contributed by atoms with van der Waals surface area (Å²) in [6.45, 7) is 6.53. The van der Waals surface area contributed by atoms with Crippen LogP contribution in [0.2, 0.25) is 0 Å². The highest BCUT2D eigenvalue weighted by Gasteiger charge is 2.40. The molecule has 1 aromatic rings. The number of rotatable bonds is 4. The van der Waals surface area contributed by atoms with Crippen LogP contribution in [0.5, 0.6) is 0 Å². The molecular weight excluding hydrogens is 294 g/mol. The lowest BCUT2D eigenvalue weighted by molar-refractivity contribution is 0.120. The van der Waals surface area contributed by atoms with Crippen molar-refractivity contribution in [3.63, 3.8) is 0 Å². The summed E-state index contributed by atoms with van der Waals surface area (Å²) in [6.07, 6.45) is 3.94. The van der Waals surface area contributed by atoms with E-state index in [1.807, 2.05) is 18.7 Å². The van der Waals surface area contributed by atoms with E-state index in [-0.39, 0.29) is 11.9 Å². The van der Waals surface area contributed by atoms with E-state index in [1.165, 1.54) is 6.42 Å². The zero-order valence-electron chi connectivity index (χ0n) is 14.3. The molecular formula is C16H27N5O2. The van der Waals surface area contributed by atoms with Gasteiger partial charge in [0.25, 0.3) is 0 Å². The van der Waals surface area contributed by atoms with Crippen LogP contribution in [0.4, 0.5) is 4.79 Å². The van der Waals surface area contributed by atoms with Crippen LogP contribution >= 0.6 is 0 Å². The molecule has 0 aromatic carbocycles. The third-order valence-electron chi connectivity index (χ3n) is 4.96. The number of aromatic nitrogens is 2. The van der Waals surface area contributed by atoms with E-state index in [1.54, 1.807) is 0 Å². The van der Waals surface area contributed by atoms with Crippen molar-refractivity contribution in [2.45, 2.75) is 57.5 Å². The predicted octanol–water partition coefficient (Wildman–Crippen LogP) is 1.61. The minimum absolute atomic E-state index is 0.0404. The maximum Gasteiger partial charge on any atom is 0.317 e. The van der Waals surface area contributed by atoms with Crippen LogP contribution in [-0.4, -0.2) is 64.7 Å². The van der Waals surface area contributed by atoms with Crippen molar-refractivity contribution < 1.29 is 9.32 Å². The standard InChI is InChI=1S/C16H27N5O2/c1-11(2)15-18-14(23-19-15)6-8-17-16(22)21-9-4-5-12-13(21)7-10-20(12)3/h11-13H,4-10H2,1-3H3,(H,17,22)/t12-,13-/m1/s1. The van der Waals surface area contributed by atoms with Gasteiger partial charge in [-0.25, -0.2) is 4.79 Å². The van der Waals surface area contributed by atoms with Crippen molar-refractivity contribution in [3.8, 4) is 0 Å². The lowest BCUT2D eigenvalue weighted by atomic mass is 9.97. The molecule has 0 unspecified atom stereocenters. The van der Waals surface area contributed by atoms with E-state index in [2.05, 4.69) is 27.4 Å². The zero-order valence-corrected chi connectivity index (χ0v) is 14.3. The monoisotopic (exact) mass is 321 g/mol. The van der Waals surface area contributed by atoms with E-state index in [0.29, 0.717) is 30.9 Å². The van der Waals surface area contributed by atoms with Gasteiger partial charge in [-0.15, -0.1) is 0 Å². The molecule has 7 nitrogen and oxygen atoms in total. The molecule has 0 bridgehead atoms. The van der Waals surface area contributed by atoms with Crippen molar-refractivity contribution in [1.82, 2.24) is 25.3 Å². The van der Waals surface area contributed by atoms with E-state index < -0.39 is 0 Å². The van der Waals surface area contributed by atoms with Gasteiger partial charge in [0.15, 0.2) is 5.82 Å². The molecule has 2 amide bonds. The van der Waals surface area contributed by atoms with Crippen molar-refractivity contribution in [1.29, 1.82) is 0 Å². The number of likely N-dealkylation sites (tertiary alicyclic amines) is 2. The number of hydrogen-bond acceptors (Lipinski definition) is 5. The molecule has 3 rings (SSSR count). The highest BCUT2D eigenvalue weighted by Crippen LogP contribution is 2.29. The Morgan fingerprint density at radius 2 is 2.17 bits per heavy atom. The van der Waals surface area contributed by atoms with Gasteiger partial charge in [0, 0.05) is 38.0 Å². The normalized spacial score (nSPS) is 25.0. The third-order valence-corrected chi connectivity index (χ3v) is 4.96. The van der Waals surface area contributed by atoms with Gasteiger partial charge in [0.2, 0.25) is 5.89 Å². The fourth-order valence-electron chi connectivity index (χ4n) is 3.63. The molecule has 2 atom stereocenters. The zero-order chi connectivity index (χ0) is 16.4. The minimum atomic E-state index is 0.0404. The molecule has 0 saturated carbocycles. The van der Waals surface area contributed by atoms with Gasteiger partial charge in [-0.2, -0.15) is 4.98 Å². The topological polar surface area (TPSA) is 74.5 Å². The first-order valence-electron chi connectivity index (χ1n) is 8.63. The van der Waals surface area contributed by atoms with Gasteiger partial charge in [-0.05, 0) is 26.3 Å². The lowest BCUT2D eigenvalue weighted by Crippen LogP contribution is -2.54. The first-order valence-corrected chi connectivity index (χ1v) is 8.63. The summed E-state index contributed by atoms with van der Waals surface area (Å²) >= 11 is 0. The molecule has 2 aliphatic heterocycles. The average Bonchev–Trinajstić information content (AvgIpc) is 3.15. The first kappa shape index (κ1) is 16.2. The Kier molecular flexibility index (Phi) is 4.84. The fraction of sp³-hybridized carbons (Fsp3) is 0.812.